The van der Waals surface area contributed by atoms with E-state index in [4.69, 9.17) is 14.9 Å². The maximum atomic E-state index is 11.2. The highest BCUT2D eigenvalue weighted by molar-refractivity contribution is 5.87. The Hall–Kier alpha value is -2.63. The third kappa shape index (κ3) is 40.3. The summed E-state index contributed by atoms with van der Waals surface area (Å²) < 4.78 is 5.03. The Labute approximate surface area is 202 Å². The SMILES string of the molecule is C=C(CC)C(=O)O.C=CC(=O)O.CC=CCCCCC.CCCC=C(C)C(=O)OCCCC. The molecule has 0 fully saturated rings. The van der Waals surface area contributed by atoms with Crippen molar-refractivity contribution in [2.45, 2.75) is 99.3 Å². The van der Waals surface area contributed by atoms with Crippen LogP contribution in [0.2, 0.25) is 0 Å². The number of ether oxygens (including phenoxy) is 1. The molecule has 0 heterocycles. The molecule has 0 atom stereocenters. The molecule has 2 N–H and O–H groups in total. The van der Waals surface area contributed by atoms with E-state index in [9.17, 15) is 14.4 Å². The van der Waals surface area contributed by atoms with Crippen molar-refractivity contribution in [1.82, 2.24) is 0 Å². The summed E-state index contributed by atoms with van der Waals surface area (Å²) in [6.45, 7) is 18.8. The molecule has 6 nitrogen and oxygen atoms in total. The fourth-order valence-electron chi connectivity index (χ4n) is 1.70. The summed E-state index contributed by atoms with van der Waals surface area (Å²) >= 11 is 0. The molecule has 0 radical (unpaired) electrons. The number of hydrogen-bond donors (Lipinski definition) is 2. The van der Waals surface area contributed by atoms with Crippen molar-refractivity contribution in [3.8, 4) is 0 Å². The largest absolute Gasteiger partial charge is 0.478 e. The number of esters is 1. The van der Waals surface area contributed by atoms with Crippen molar-refractivity contribution in [1.29, 1.82) is 0 Å². The van der Waals surface area contributed by atoms with E-state index < -0.39 is 11.9 Å². The fraction of sp³-hybridized carbons (Fsp3) is 0.593. The van der Waals surface area contributed by atoms with Gasteiger partial charge in [-0.2, -0.15) is 0 Å². The number of carboxylic acid groups (broad SMARTS) is 2. The minimum absolute atomic E-state index is 0.165. The zero-order valence-corrected chi connectivity index (χ0v) is 21.8. The number of rotatable bonds is 13. The molecule has 0 aromatic heterocycles. The lowest BCUT2D eigenvalue weighted by Crippen LogP contribution is -2.06. The number of aliphatic carboxylic acids is 2. The van der Waals surface area contributed by atoms with Crippen LogP contribution in [0.4, 0.5) is 0 Å². The quantitative estimate of drug-likeness (QED) is 0.125. The molecule has 0 amide bonds. The normalized spacial score (nSPS) is 9.82. The molecule has 0 saturated heterocycles. The van der Waals surface area contributed by atoms with E-state index in [1.165, 1.54) is 25.7 Å². The minimum Gasteiger partial charge on any atom is -0.478 e. The summed E-state index contributed by atoms with van der Waals surface area (Å²) in [6.07, 6.45) is 17.0. The van der Waals surface area contributed by atoms with Crippen molar-refractivity contribution < 1.29 is 29.3 Å². The lowest BCUT2D eigenvalue weighted by atomic mass is 10.2. The standard InChI is InChI=1S/C11H20O2.C8H16.C5H8O2.C3H4O2/c1-4-6-8-10(3)11(12)13-9-7-5-2;1-3-5-7-8-6-4-2;1-3-4(2)5(6)7;1-2-3(4)5/h8H,4-7,9H2,1-3H3;3,5H,4,6-8H2,1-2H3;2-3H2,1H3,(H,6,7);2H,1H2,(H,4,5). The molecule has 0 spiro atoms. The average Bonchev–Trinajstić information content (AvgIpc) is 2.80. The highest BCUT2D eigenvalue weighted by atomic mass is 16.5. The molecule has 0 aliphatic carbocycles. The minimum atomic E-state index is -0.981. The number of carbonyl (C=O) groups is 3. The Morgan fingerprint density at radius 1 is 0.909 bits per heavy atom. The van der Waals surface area contributed by atoms with Gasteiger partial charge in [-0.05, 0) is 46.0 Å². The van der Waals surface area contributed by atoms with E-state index in [0.29, 0.717) is 13.0 Å². The molecule has 0 aromatic rings. The van der Waals surface area contributed by atoms with E-state index in [1.807, 2.05) is 13.0 Å². The summed E-state index contributed by atoms with van der Waals surface area (Å²) in [7, 11) is 0. The van der Waals surface area contributed by atoms with Crippen molar-refractivity contribution in [2.24, 2.45) is 0 Å². The number of carbonyl (C=O) groups excluding carboxylic acids is 1. The van der Waals surface area contributed by atoms with Gasteiger partial charge in [0.05, 0.1) is 6.61 Å². The molecule has 0 aromatic carbocycles. The van der Waals surface area contributed by atoms with Gasteiger partial charge in [-0.25, -0.2) is 14.4 Å². The highest BCUT2D eigenvalue weighted by Crippen LogP contribution is 2.01. The van der Waals surface area contributed by atoms with Crippen LogP contribution in [0.3, 0.4) is 0 Å². The van der Waals surface area contributed by atoms with Gasteiger partial charge in [-0.1, -0.05) is 84.8 Å². The smallest absolute Gasteiger partial charge is 0.333 e. The van der Waals surface area contributed by atoms with Crippen molar-refractivity contribution >= 4 is 17.9 Å². The lowest BCUT2D eigenvalue weighted by molar-refractivity contribution is -0.139. The van der Waals surface area contributed by atoms with Crippen LogP contribution < -0.4 is 0 Å². The topological polar surface area (TPSA) is 101 Å². The number of hydrogen-bond acceptors (Lipinski definition) is 4. The van der Waals surface area contributed by atoms with Gasteiger partial charge in [0.15, 0.2) is 0 Å². The first kappa shape index (κ1) is 37.7. The maximum Gasteiger partial charge on any atom is 0.333 e. The van der Waals surface area contributed by atoms with E-state index in [1.54, 1.807) is 6.92 Å². The van der Waals surface area contributed by atoms with Crippen LogP contribution in [-0.4, -0.2) is 34.7 Å². The van der Waals surface area contributed by atoms with Crippen LogP contribution in [0.25, 0.3) is 0 Å². The van der Waals surface area contributed by atoms with Crippen LogP contribution in [0.5, 0.6) is 0 Å². The van der Waals surface area contributed by atoms with Gasteiger partial charge in [0.25, 0.3) is 0 Å². The van der Waals surface area contributed by atoms with Crippen LogP contribution in [0, 0.1) is 0 Å². The Bertz CT molecular complexity index is 573. The zero-order chi connectivity index (χ0) is 26.5. The third-order valence-electron chi connectivity index (χ3n) is 3.91. The summed E-state index contributed by atoms with van der Waals surface area (Å²) in [5.41, 5.74) is 0.998. The second-order valence-electron chi connectivity index (χ2n) is 7.03. The summed E-state index contributed by atoms with van der Waals surface area (Å²) in [4.78, 5) is 30.3. The van der Waals surface area contributed by atoms with Gasteiger partial charge >= 0.3 is 17.9 Å². The second kappa shape index (κ2) is 31.6. The van der Waals surface area contributed by atoms with Crippen molar-refractivity contribution in [3.63, 3.8) is 0 Å². The number of unbranched alkanes of at least 4 members (excludes halogenated alkanes) is 5. The monoisotopic (exact) mass is 468 g/mol. The van der Waals surface area contributed by atoms with Gasteiger partial charge in [0.1, 0.15) is 0 Å². The number of carboxylic acids is 2. The summed E-state index contributed by atoms with van der Waals surface area (Å²) in [5, 5.41) is 15.7. The molecule has 0 unspecified atom stereocenters. The maximum absolute atomic E-state index is 11.2. The molecular formula is C27H48O6. The van der Waals surface area contributed by atoms with E-state index >= 15 is 0 Å². The van der Waals surface area contributed by atoms with Gasteiger partial charge in [-0.15, -0.1) is 0 Å². The summed E-state index contributed by atoms with van der Waals surface area (Å²) in [5.74, 6) is -2.05. The average molecular weight is 469 g/mol. The Morgan fingerprint density at radius 3 is 1.79 bits per heavy atom. The second-order valence-corrected chi connectivity index (χ2v) is 7.03. The molecule has 0 rings (SSSR count). The van der Waals surface area contributed by atoms with Gasteiger partial charge in [-0.3, -0.25) is 0 Å². The Kier molecular flexibility index (Phi) is 36.0. The van der Waals surface area contributed by atoms with Crippen LogP contribution in [0.15, 0.2) is 48.6 Å². The third-order valence-corrected chi connectivity index (χ3v) is 3.91. The molecular weight excluding hydrogens is 420 g/mol. The molecule has 6 heteroatoms. The molecule has 0 aliphatic rings. The van der Waals surface area contributed by atoms with Gasteiger partial charge < -0.3 is 14.9 Å². The van der Waals surface area contributed by atoms with Crippen LogP contribution in [0.1, 0.15) is 99.3 Å². The van der Waals surface area contributed by atoms with Crippen molar-refractivity contribution in [2.75, 3.05) is 6.61 Å². The molecule has 33 heavy (non-hydrogen) atoms. The molecule has 0 aliphatic heterocycles. The highest BCUT2D eigenvalue weighted by Gasteiger charge is 2.03. The first-order chi connectivity index (χ1) is 15.6. The van der Waals surface area contributed by atoms with Crippen LogP contribution in [-0.2, 0) is 19.1 Å². The van der Waals surface area contributed by atoms with E-state index in [0.717, 1.165) is 37.3 Å². The Balaban J connectivity index is -0.000000182. The van der Waals surface area contributed by atoms with Crippen molar-refractivity contribution in [3.05, 3.63) is 48.6 Å². The number of allylic oxidation sites excluding steroid dienone is 3. The molecule has 0 saturated carbocycles. The first-order valence-corrected chi connectivity index (χ1v) is 11.8. The molecule has 0 bridgehead atoms. The van der Waals surface area contributed by atoms with E-state index in [-0.39, 0.29) is 11.5 Å². The predicted octanol–water partition coefficient (Wildman–Crippen LogP) is 7.51. The lowest BCUT2D eigenvalue weighted by Gasteiger charge is -2.03. The zero-order valence-electron chi connectivity index (χ0n) is 21.8. The molecule has 192 valence electrons. The predicted molar refractivity (Wildman–Crippen MR) is 138 cm³/mol. The van der Waals surface area contributed by atoms with Gasteiger partial charge in [0.2, 0.25) is 0 Å². The van der Waals surface area contributed by atoms with E-state index in [2.05, 4.69) is 53.0 Å². The Morgan fingerprint density at radius 2 is 1.45 bits per heavy atom. The fourth-order valence-corrected chi connectivity index (χ4v) is 1.70. The first-order valence-electron chi connectivity index (χ1n) is 11.8. The van der Waals surface area contributed by atoms with Crippen LogP contribution >= 0.6 is 0 Å². The van der Waals surface area contributed by atoms with Gasteiger partial charge in [0, 0.05) is 17.2 Å². The summed E-state index contributed by atoms with van der Waals surface area (Å²) in [6, 6.07) is 0.